The van der Waals surface area contributed by atoms with Gasteiger partial charge in [-0.3, -0.25) is 18.6 Å². The first-order chi connectivity index (χ1) is 28.2. The molecule has 344 valence electrons. The SMILES string of the molecule is CCCCCCCC/C=C\CCCCCCCCCC(=O)OC(COC(=O)CCCCCCCCCCCCCCCCCCCC)COP(=O)(O)OCC(O)CO. The van der Waals surface area contributed by atoms with Crippen LogP contribution in [0.3, 0.4) is 0 Å². The van der Waals surface area contributed by atoms with E-state index in [9.17, 15) is 24.2 Å². The second-order valence-electron chi connectivity index (χ2n) is 16.5. The van der Waals surface area contributed by atoms with Gasteiger partial charge in [-0.25, -0.2) is 4.57 Å². The number of phosphoric ester groups is 1. The highest BCUT2D eigenvalue weighted by molar-refractivity contribution is 7.47. The molecule has 10 nitrogen and oxygen atoms in total. The summed E-state index contributed by atoms with van der Waals surface area (Å²) < 4.78 is 32.8. The maximum atomic E-state index is 12.6. The summed E-state index contributed by atoms with van der Waals surface area (Å²) in [6.07, 6.45) is 43.1. The zero-order valence-corrected chi connectivity index (χ0v) is 38.4. The number of rotatable bonds is 46. The molecule has 0 aliphatic rings. The molecule has 0 bridgehead atoms. The summed E-state index contributed by atoms with van der Waals surface area (Å²) in [5.74, 6) is -0.915. The minimum absolute atomic E-state index is 0.184. The van der Waals surface area contributed by atoms with Crippen molar-refractivity contribution in [3.05, 3.63) is 12.2 Å². The van der Waals surface area contributed by atoms with E-state index in [2.05, 4.69) is 26.0 Å². The smallest absolute Gasteiger partial charge is 0.462 e. The summed E-state index contributed by atoms with van der Waals surface area (Å²) in [6.45, 7) is 2.42. The Morgan fingerprint density at radius 1 is 0.500 bits per heavy atom. The second kappa shape index (κ2) is 43.8. The van der Waals surface area contributed by atoms with Gasteiger partial charge in [-0.1, -0.05) is 199 Å². The van der Waals surface area contributed by atoms with Gasteiger partial charge < -0.3 is 24.6 Å². The maximum absolute atomic E-state index is 12.6. The molecular weight excluding hydrogens is 755 g/mol. The van der Waals surface area contributed by atoms with E-state index in [4.69, 9.17) is 23.6 Å². The first-order valence-electron chi connectivity index (χ1n) is 24.1. The van der Waals surface area contributed by atoms with Crippen LogP contribution >= 0.6 is 7.82 Å². The molecule has 0 saturated heterocycles. The summed E-state index contributed by atoms with van der Waals surface area (Å²) in [6, 6.07) is 0. The van der Waals surface area contributed by atoms with E-state index in [0.717, 1.165) is 44.9 Å². The minimum atomic E-state index is -4.62. The van der Waals surface area contributed by atoms with Crippen LogP contribution in [0.15, 0.2) is 12.2 Å². The summed E-state index contributed by atoms with van der Waals surface area (Å²) in [5.41, 5.74) is 0. The van der Waals surface area contributed by atoms with E-state index in [1.54, 1.807) is 0 Å². The van der Waals surface area contributed by atoms with Gasteiger partial charge in [0.15, 0.2) is 6.10 Å². The minimum Gasteiger partial charge on any atom is -0.462 e. The average Bonchev–Trinajstić information content (AvgIpc) is 3.21. The summed E-state index contributed by atoms with van der Waals surface area (Å²) >= 11 is 0. The van der Waals surface area contributed by atoms with Crippen molar-refractivity contribution in [1.29, 1.82) is 0 Å². The summed E-state index contributed by atoms with van der Waals surface area (Å²) in [7, 11) is -4.62. The number of unbranched alkanes of at least 4 members (excludes halogenated alkanes) is 30. The third-order valence-electron chi connectivity index (χ3n) is 10.7. The fourth-order valence-corrected chi connectivity index (χ4v) is 7.72. The van der Waals surface area contributed by atoms with E-state index >= 15 is 0 Å². The predicted octanol–water partition coefficient (Wildman–Crippen LogP) is 13.2. The molecule has 0 rings (SSSR count). The van der Waals surface area contributed by atoms with E-state index in [-0.39, 0.29) is 19.4 Å². The number of esters is 2. The Hall–Kier alpha value is -1.29. The van der Waals surface area contributed by atoms with Gasteiger partial charge >= 0.3 is 19.8 Å². The van der Waals surface area contributed by atoms with Gasteiger partial charge in [0, 0.05) is 12.8 Å². The van der Waals surface area contributed by atoms with Gasteiger partial charge in [-0.15, -0.1) is 0 Å². The molecule has 0 aromatic carbocycles. The Kier molecular flexibility index (Phi) is 42.8. The van der Waals surface area contributed by atoms with Crippen LogP contribution < -0.4 is 0 Å². The van der Waals surface area contributed by atoms with Crippen molar-refractivity contribution in [3.8, 4) is 0 Å². The number of phosphoric acid groups is 1. The standard InChI is InChI=1S/C47H91O10P/c1-3-5-7-9-11-13-15-17-19-21-23-24-26-28-30-32-34-36-38-46(50)54-42-45(43-56-58(52,53)55-41-44(49)40-48)57-47(51)39-37-35-33-31-29-27-25-22-20-18-16-14-12-10-8-6-4-2/h18,20,44-45,48-49H,3-17,19,21-43H2,1-2H3,(H,52,53)/b20-18-. The second-order valence-corrected chi connectivity index (χ2v) is 17.9. The van der Waals surface area contributed by atoms with Crippen LogP contribution in [0.25, 0.3) is 0 Å². The van der Waals surface area contributed by atoms with Gasteiger partial charge in [-0.2, -0.15) is 0 Å². The Morgan fingerprint density at radius 3 is 1.24 bits per heavy atom. The number of aliphatic hydroxyl groups excluding tert-OH is 2. The van der Waals surface area contributed by atoms with Crippen LogP contribution in [0.5, 0.6) is 0 Å². The molecule has 0 saturated carbocycles. The van der Waals surface area contributed by atoms with Gasteiger partial charge in [-0.05, 0) is 38.5 Å². The molecule has 0 amide bonds. The molecule has 0 fully saturated rings. The Bertz CT molecular complexity index is 977. The van der Waals surface area contributed by atoms with E-state index in [1.165, 1.54) is 154 Å². The van der Waals surface area contributed by atoms with Gasteiger partial charge in [0.2, 0.25) is 0 Å². The number of allylic oxidation sites excluding steroid dienone is 2. The van der Waals surface area contributed by atoms with E-state index < -0.39 is 51.8 Å². The number of carbonyl (C=O) groups excluding carboxylic acids is 2. The van der Waals surface area contributed by atoms with Crippen LogP contribution in [-0.2, 0) is 32.7 Å². The van der Waals surface area contributed by atoms with Gasteiger partial charge in [0.1, 0.15) is 12.7 Å². The normalized spacial score (nSPS) is 13.8. The maximum Gasteiger partial charge on any atom is 0.472 e. The fourth-order valence-electron chi connectivity index (χ4n) is 6.93. The lowest BCUT2D eigenvalue weighted by Gasteiger charge is -2.20. The average molecular weight is 847 g/mol. The lowest BCUT2D eigenvalue weighted by molar-refractivity contribution is -0.161. The van der Waals surface area contributed by atoms with Gasteiger partial charge in [0.05, 0.1) is 19.8 Å². The molecule has 3 atom stereocenters. The van der Waals surface area contributed by atoms with Crippen molar-refractivity contribution in [2.24, 2.45) is 0 Å². The van der Waals surface area contributed by atoms with Crippen molar-refractivity contribution in [2.45, 2.75) is 251 Å². The first-order valence-corrected chi connectivity index (χ1v) is 25.6. The highest BCUT2D eigenvalue weighted by atomic mass is 31.2. The number of ether oxygens (including phenoxy) is 2. The van der Waals surface area contributed by atoms with Crippen LogP contribution in [0, 0.1) is 0 Å². The van der Waals surface area contributed by atoms with Crippen molar-refractivity contribution in [1.82, 2.24) is 0 Å². The number of hydrogen-bond donors (Lipinski definition) is 3. The highest BCUT2D eigenvalue weighted by Crippen LogP contribution is 2.43. The zero-order valence-electron chi connectivity index (χ0n) is 37.5. The van der Waals surface area contributed by atoms with E-state index in [0.29, 0.717) is 12.8 Å². The lowest BCUT2D eigenvalue weighted by atomic mass is 10.0. The molecule has 3 N–H and O–H groups in total. The quantitative estimate of drug-likeness (QED) is 0.0234. The van der Waals surface area contributed by atoms with Crippen molar-refractivity contribution >= 4 is 19.8 Å². The lowest BCUT2D eigenvalue weighted by Crippen LogP contribution is -2.29. The summed E-state index contributed by atoms with van der Waals surface area (Å²) in [5, 5.41) is 18.4. The largest absolute Gasteiger partial charge is 0.472 e. The fraction of sp³-hybridized carbons (Fsp3) is 0.915. The van der Waals surface area contributed by atoms with Crippen LogP contribution in [0.1, 0.15) is 239 Å². The van der Waals surface area contributed by atoms with Crippen LogP contribution in [-0.4, -0.2) is 65.7 Å². The number of carbonyl (C=O) groups is 2. The van der Waals surface area contributed by atoms with Crippen LogP contribution in [0.2, 0.25) is 0 Å². The molecule has 0 spiro atoms. The summed E-state index contributed by atoms with van der Waals surface area (Å²) in [4.78, 5) is 35.1. The molecule has 0 heterocycles. The van der Waals surface area contributed by atoms with Crippen LogP contribution in [0.4, 0.5) is 0 Å². The topological polar surface area (TPSA) is 149 Å². The molecule has 0 aliphatic heterocycles. The Labute approximate surface area is 356 Å². The molecule has 0 radical (unpaired) electrons. The molecule has 58 heavy (non-hydrogen) atoms. The Balaban J connectivity index is 4.19. The predicted molar refractivity (Wildman–Crippen MR) is 238 cm³/mol. The zero-order chi connectivity index (χ0) is 42.6. The molecule has 0 aromatic rings. The Morgan fingerprint density at radius 2 is 0.845 bits per heavy atom. The number of hydrogen-bond acceptors (Lipinski definition) is 9. The van der Waals surface area contributed by atoms with Crippen molar-refractivity contribution in [3.63, 3.8) is 0 Å². The van der Waals surface area contributed by atoms with Gasteiger partial charge in [0.25, 0.3) is 0 Å². The third-order valence-corrected chi connectivity index (χ3v) is 11.6. The number of aliphatic hydroxyl groups is 2. The molecular formula is C47H91O10P. The molecule has 0 aromatic heterocycles. The highest BCUT2D eigenvalue weighted by Gasteiger charge is 2.27. The van der Waals surface area contributed by atoms with Crippen molar-refractivity contribution in [2.75, 3.05) is 26.4 Å². The molecule has 11 heteroatoms. The molecule has 3 unspecified atom stereocenters. The monoisotopic (exact) mass is 847 g/mol. The van der Waals surface area contributed by atoms with E-state index in [1.807, 2.05) is 0 Å². The molecule has 0 aliphatic carbocycles. The first kappa shape index (κ1) is 56.7. The third kappa shape index (κ3) is 42.8. The van der Waals surface area contributed by atoms with Crippen molar-refractivity contribution < 1.29 is 47.8 Å².